The van der Waals surface area contributed by atoms with E-state index in [0.29, 0.717) is 23.6 Å². The van der Waals surface area contributed by atoms with Crippen LogP contribution in [0.3, 0.4) is 0 Å². The van der Waals surface area contributed by atoms with Crippen LogP contribution in [0.15, 0.2) is 54.6 Å². The molecule has 8 heteroatoms. The van der Waals surface area contributed by atoms with Crippen LogP contribution in [-0.2, 0) is 9.59 Å². The van der Waals surface area contributed by atoms with Gasteiger partial charge in [0, 0.05) is 10.7 Å². The number of likely N-dealkylation sites (tertiary alicyclic amines) is 1. The minimum Gasteiger partial charge on any atom is -0.480 e. The number of anilines is 1. The summed E-state index contributed by atoms with van der Waals surface area (Å²) in [5.74, 6) is -1.48. The zero-order valence-corrected chi connectivity index (χ0v) is 15.7. The Morgan fingerprint density at radius 3 is 2.36 bits per heavy atom. The van der Waals surface area contributed by atoms with Crippen molar-refractivity contribution in [2.75, 3.05) is 11.9 Å². The monoisotopic (exact) mass is 401 g/mol. The van der Waals surface area contributed by atoms with Gasteiger partial charge in [-0.05, 0) is 42.7 Å². The molecule has 2 aromatic carbocycles. The lowest BCUT2D eigenvalue weighted by Crippen LogP contribution is -2.47. The van der Waals surface area contributed by atoms with Crippen LogP contribution in [0.25, 0.3) is 0 Å². The summed E-state index contributed by atoms with van der Waals surface area (Å²) in [6.07, 6.45) is 0.932. The second kappa shape index (κ2) is 8.75. The standard InChI is InChI=1S/C20H20ClN3O4/c21-14-6-8-15(9-7-14)23-20(28)22-12-18(25)24-16(10-11-17(24)19(26)27)13-4-2-1-3-5-13/h1-9,16-17H,10-12H2,(H,26,27)(H2,22,23,28)/t16?,17-/m0/s1. The molecule has 0 spiro atoms. The molecule has 1 aliphatic rings. The molecule has 0 bridgehead atoms. The van der Waals surface area contributed by atoms with Crippen LogP contribution >= 0.6 is 11.6 Å². The predicted molar refractivity (Wildman–Crippen MR) is 105 cm³/mol. The van der Waals surface area contributed by atoms with E-state index in [4.69, 9.17) is 11.6 Å². The summed E-state index contributed by atoms with van der Waals surface area (Å²) in [4.78, 5) is 37.7. The molecule has 3 N–H and O–H groups in total. The van der Waals surface area contributed by atoms with Gasteiger partial charge >= 0.3 is 12.0 Å². The van der Waals surface area contributed by atoms with E-state index < -0.39 is 23.9 Å². The summed E-state index contributed by atoms with van der Waals surface area (Å²) in [5.41, 5.74) is 1.41. The van der Waals surface area contributed by atoms with Gasteiger partial charge in [0.15, 0.2) is 0 Å². The van der Waals surface area contributed by atoms with Gasteiger partial charge in [-0.3, -0.25) is 4.79 Å². The molecular weight excluding hydrogens is 382 g/mol. The van der Waals surface area contributed by atoms with Crippen molar-refractivity contribution in [1.29, 1.82) is 0 Å². The van der Waals surface area contributed by atoms with E-state index >= 15 is 0 Å². The summed E-state index contributed by atoms with van der Waals surface area (Å²) in [6, 6.07) is 14.1. The molecule has 146 valence electrons. The molecule has 1 heterocycles. The van der Waals surface area contributed by atoms with Crippen molar-refractivity contribution in [3.05, 3.63) is 65.2 Å². The van der Waals surface area contributed by atoms with E-state index in [1.165, 1.54) is 4.90 Å². The molecule has 1 aliphatic heterocycles. The highest BCUT2D eigenvalue weighted by Crippen LogP contribution is 2.36. The van der Waals surface area contributed by atoms with Crippen LogP contribution in [0.1, 0.15) is 24.4 Å². The largest absolute Gasteiger partial charge is 0.480 e. The Kier molecular flexibility index (Phi) is 6.16. The number of halogens is 1. The summed E-state index contributed by atoms with van der Waals surface area (Å²) in [6.45, 7) is -0.299. The third-order valence-electron chi connectivity index (χ3n) is 4.64. The highest BCUT2D eigenvalue weighted by Gasteiger charge is 2.41. The van der Waals surface area contributed by atoms with E-state index in [2.05, 4.69) is 10.6 Å². The van der Waals surface area contributed by atoms with Crippen molar-refractivity contribution < 1.29 is 19.5 Å². The first kappa shape index (κ1) is 19.7. The first-order chi connectivity index (χ1) is 13.5. The fourth-order valence-electron chi connectivity index (χ4n) is 3.36. The second-order valence-electron chi connectivity index (χ2n) is 6.47. The summed E-state index contributed by atoms with van der Waals surface area (Å²) >= 11 is 5.80. The number of carbonyl (C=O) groups is 3. The van der Waals surface area contributed by atoms with E-state index in [0.717, 1.165) is 5.56 Å². The minimum absolute atomic E-state index is 0.299. The molecule has 0 radical (unpaired) electrons. The predicted octanol–water partition coefficient (Wildman–Crippen LogP) is 3.28. The summed E-state index contributed by atoms with van der Waals surface area (Å²) in [7, 11) is 0. The molecule has 28 heavy (non-hydrogen) atoms. The van der Waals surface area contributed by atoms with Gasteiger partial charge in [-0.2, -0.15) is 0 Å². The number of nitrogens with one attached hydrogen (secondary N) is 2. The van der Waals surface area contributed by atoms with Gasteiger partial charge in [-0.1, -0.05) is 41.9 Å². The average Bonchev–Trinajstić information content (AvgIpc) is 3.14. The maximum absolute atomic E-state index is 12.7. The van der Waals surface area contributed by atoms with E-state index in [1.54, 1.807) is 24.3 Å². The molecule has 1 saturated heterocycles. The van der Waals surface area contributed by atoms with Gasteiger partial charge in [-0.15, -0.1) is 0 Å². The lowest BCUT2D eigenvalue weighted by molar-refractivity contribution is -0.149. The van der Waals surface area contributed by atoms with Crippen LogP contribution in [0.5, 0.6) is 0 Å². The van der Waals surface area contributed by atoms with E-state index in [9.17, 15) is 19.5 Å². The molecule has 0 aromatic heterocycles. The maximum Gasteiger partial charge on any atom is 0.326 e. The molecule has 0 saturated carbocycles. The molecule has 3 rings (SSSR count). The number of carbonyl (C=O) groups excluding carboxylic acids is 2. The first-order valence-corrected chi connectivity index (χ1v) is 9.23. The topological polar surface area (TPSA) is 98.7 Å². The number of amides is 3. The van der Waals surface area contributed by atoms with E-state index in [1.807, 2.05) is 30.3 Å². The van der Waals surface area contributed by atoms with Crippen molar-refractivity contribution in [3.8, 4) is 0 Å². The Labute approximate surface area is 167 Å². The van der Waals surface area contributed by atoms with Crippen LogP contribution in [0.2, 0.25) is 5.02 Å². The molecule has 7 nitrogen and oxygen atoms in total. The van der Waals surface area contributed by atoms with E-state index in [-0.39, 0.29) is 12.6 Å². The van der Waals surface area contributed by atoms with Crippen LogP contribution in [-0.4, -0.2) is 40.5 Å². The fraction of sp³-hybridized carbons (Fsp3) is 0.250. The number of rotatable bonds is 5. The quantitative estimate of drug-likeness (QED) is 0.716. The van der Waals surface area contributed by atoms with Crippen molar-refractivity contribution >= 4 is 35.2 Å². The summed E-state index contributed by atoms with van der Waals surface area (Å²) in [5, 5.41) is 15.1. The average molecular weight is 402 g/mol. The van der Waals surface area contributed by atoms with Crippen molar-refractivity contribution in [3.63, 3.8) is 0 Å². The fourth-order valence-corrected chi connectivity index (χ4v) is 3.49. The third kappa shape index (κ3) is 4.61. The van der Waals surface area contributed by atoms with Gasteiger partial charge < -0.3 is 20.6 Å². The number of urea groups is 1. The third-order valence-corrected chi connectivity index (χ3v) is 4.90. The summed E-state index contributed by atoms with van der Waals surface area (Å²) < 4.78 is 0. The van der Waals surface area contributed by atoms with Gasteiger partial charge in [0.1, 0.15) is 6.04 Å². The highest BCUT2D eigenvalue weighted by molar-refractivity contribution is 6.30. The molecular formula is C20H20ClN3O4. The number of hydrogen-bond acceptors (Lipinski definition) is 3. The van der Waals surface area contributed by atoms with Crippen LogP contribution in [0, 0.1) is 0 Å². The Balaban J connectivity index is 1.65. The number of nitrogens with zero attached hydrogens (tertiary/aromatic N) is 1. The lowest BCUT2D eigenvalue weighted by Gasteiger charge is -2.28. The first-order valence-electron chi connectivity index (χ1n) is 8.85. The molecule has 1 fully saturated rings. The molecule has 3 amide bonds. The number of carboxylic acids is 1. The second-order valence-corrected chi connectivity index (χ2v) is 6.91. The Morgan fingerprint density at radius 1 is 1.04 bits per heavy atom. The Morgan fingerprint density at radius 2 is 1.71 bits per heavy atom. The van der Waals surface area contributed by atoms with Crippen molar-refractivity contribution in [1.82, 2.24) is 10.2 Å². The van der Waals surface area contributed by atoms with Crippen LogP contribution in [0.4, 0.5) is 10.5 Å². The minimum atomic E-state index is -1.04. The number of aliphatic carboxylic acids is 1. The normalized spacial score (nSPS) is 18.5. The Bertz CT molecular complexity index is 858. The molecule has 2 atom stereocenters. The molecule has 0 aliphatic carbocycles. The highest BCUT2D eigenvalue weighted by atomic mass is 35.5. The number of carboxylic acid groups (broad SMARTS) is 1. The number of hydrogen-bond donors (Lipinski definition) is 3. The molecule has 2 aromatic rings. The SMILES string of the molecule is O=C(NCC(=O)N1C(c2ccccc2)CC[C@H]1C(=O)O)Nc1ccc(Cl)cc1. The van der Waals surface area contributed by atoms with Gasteiger partial charge in [-0.25, -0.2) is 9.59 Å². The van der Waals surface area contributed by atoms with Crippen molar-refractivity contribution in [2.24, 2.45) is 0 Å². The van der Waals surface area contributed by atoms with Crippen LogP contribution < -0.4 is 10.6 Å². The number of benzene rings is 2. The Hall–Kier alpha value is -3.06. The zero-order valence-electron chi connectivity index (χ0n) is 15.0. The smallest absolute Gasteiger partial charge is 0.326 e. The van der Waals surface area contributed by atoms with Gasteiger partial charge in [0.05, 0.1) is 12.6 Å². The maximum atomic E-state index is 12.7. The zero-order chi connectivity index (χ0) is 20.1. The molecule has 1 unspecified atom stereocenters. The van der Waals surface area contributed by atoms with Crippen molar-refractivity contribution in [2.45, 2.75) is 24.9 Å². The van der Waals surface area contributed by atoms with Gasteiger partial charge in [0.2, 0.25) is 5.91 Å². The lowest BCUT2D eigenvalue weighted by atomic mass is 10.0. The van der Waals surface area contributed by atoms with Gasteiger partial charge in [0.25, 0.3) is 0 Å².